The van der Waals surface area contributed by atoms with Crippen LogP contribution in [-0.4, -0.2) is 31.5 Å². The summed E-state index contributed by atoms with van der Waals surface area (Å²) in [6.45, 7) is -0.332. The lowest BCUT2D eigenvalue weighted by Crippen LogP contribution is -2.14. The molecule has 9 nitrogen and oxygen atoms in total. The topological polar surface area (TPSA) is 147 Å². The number of carboxylic acid groups (broad SMARTS) is 1. The smallest absolute Gasteiger partial charge is 0.353 e. The molecule has 11 heteroatoms. The van der Waals surface area contributed by atoms with E-state index in [9.17, 15) is 19.5 Å². The highest BCUT2D eigenvalue weighted by Gasteiger charge is 2.29. The number of amides is 1. The Morgan fingerprint density at radius 1 is 1.11 bits per heavy atom. The quantitative estimate of drug-likeness (QED) is 0.277. The molecule has 4 heterocycles. The van der Waals surface area contributed by atoms with E-state index in [-0.39, 0.29) is 56.5 Å². The number of benzene rings is 2. The zero-order chi connectivity index (χ0) is 26.0. The summed E-state index contributed by atoms with van der Waals surface area (Å²) in [5.41, 5.74) is 5.13. The van der Waals surface area contributed by atoms with Gasteiger partial charge in [-0.1, -0.05) is 0 Å². The average molecular weight is 502 g/mol. The highest BCUT2D eigenvalue weighted by atomic mass is 19.1. The summed E-state index contributed by atoms with van der Waals surface area (Å²) in [7, 11) is 0. The Kier molecular flexibility index (Phi) is 4.77. The molecule has 37 heavy (non-hydrogen) atoms. The van der Waals surface area contributed by atoms with Crippen molar-refractivity contribution in [2.75, 3.05) is 0 Å². The normalized spacial score (nSPS) is 11.6. The Balaban J connectivity index is 1.69. The van der Waals surface area contributed by atoms with E-state index in [1.807, 2.05) is 0 Å². The van der Waals surface area contributed by atoms with Gasteiger partial charge in [-0.2, -0.15) is 0 Å². The molecule has 1 amide bonds. The minimum Gasteiger partial charge on any atom is -0.477 e. The highest BCUT2D eigenvalue weighted by molar-refractivity contribution is 6.17. The van der Waals surface area contributed by atoms with Gasteiger partial charge in [0.25, 0.3) is 11.5 Å². The fourth-order valence-corrected chi connectivity index (χ4v) is 4.79. The number of aromatic carboxylic acids is 1. The number of rotatable bonds is 5. The number of aromatic nitrogens is 3. The van der Waals surface area contributed by atoms with Gasteiger partial charge in [0.1, 0.15) is 28.6 Å². The summed E-state index contributed by atoms with van der Waals surface area (Å²) >= 11 is 0. The molecule has 0 unspecified atom stereocenters. The number of hydrogen-bond donors (Lipinski definition) is 4. The van der Waals surface area contributed by atoms with Crippen molar-refractivity contribution < 1.29 is 27.9 Å². The first-order valence-electron chi connectivity index (χ1n) is 11.0. The number of carbonyl (C=O) groups is 2. The van der Waals surface area contributed by atoms with Gasteiger partial charge in [-0.15, -0.1) is 0 Å². The third kappa shape index (κ3) is 3.32. The third-order valence-corrected chi connectivity index (χ3v) is 6.39. The van der Waals surface area contributed by atoms with Crippen LogP contribution in [0, 0.1) is 11.6 Å². The molecule has 2 aromatic carbocycles. The molecule has 0 spiro atoms. The maximum absolute atomic E-state index is 15.2. The molecule has 6 aromatic rings. The van der Waals surface area contributed by atoms with Crippen LogP contribution in [0.5, 0.6) is 0 Å². The molecule has 6 rings (SSSR count). The summed E-state index contributed by atoms with van der Waals surface area (Å²) in [6.07, 6.45) is 2.66. The van der Waals surface area contributed by atoms with Gasteiger partial charge in [0, 0.05) is 28.2 Å². The summed E-state index contributed by atoms with van der Waals surface area (Å²) in [4.78, 5) is 42.2. The number of carbonyl (C=O) groups excluding carboxylic acids is 1. The number of fused-ring (bicyclic) bond motifs is 4. The van der Waals surface area contributed by atoms with Gasteiger partial charge in [0.2, 0.25) is 0 Å². The Hall–Kier alpha value is -5.19. The van der Waals surface area contributed by atoms with E-state index in [0.29, 0.717) is 10.9 Å². The van der Waals surface area contributed by atoms with Crippen molar-refractivity contribution in [2.45, 2.75) is 6.54 Å². The number of carboxylic acids is 1. The number of nitrogens with two attached hydrogens (primary N) is 1. The monoisotopic (exact) mass is 502 g/mol. The number of primary amides is 1. The van der Waals surface area contributed by atoms with Crippen molar-refractivity contribution in [2.24, 2.45) is 5.73 Å². The number of nitrogens with zero attached hydrogens (tertiary/aromatic N) is 1. The lowest BCUT2D eigenvalue weighted by molar-refractivity contribution is 0.0686. The molecule has 4 aromatic heterocycles. The maximum atomic E-state index is 15.2. The van der Waals surface area contributed by atoms with Crippen molar-refractivity contribution in [1.82, 2.24) is 14.5 Å². The molecular formula is C26H16F2N4O5. The second-order valence-corrected chi connectivity index (χ2v) is 8.52. The molecule has 0 fully saturated rings. The van der Waals surface area contributed by atoms with Crippen LogP contribution in [0.2, 0.25) is 0 Å². The van der Waals surface area contributed by atoms with Crippen LogP contribution >= 0.6 is 0 Å². The molecule has 0 atom stereocenters. The van der Waals surface area contributed by atoms with E-state index >= 15 is 8.78 Å². The third-order valence-electron chi connectivity index (χ3n) is 6.39. The summed E-state index contributed by atoms with van der Waals surface area (Å²) in [5.74, 6) is -3.49. The zero-order valence-corrected chi connectivity index (χ0v) is 18.8. The predicted molar refractivity (Wildman–Crippen MR) is 131 cm³/mol. The highest BCUT2D eigenvalue weighted by Crippen LogP contribution is 2.40. The van der Waals surface area contributed by atoms with Gasteiger partial charge in [0.15, 0.2) is 0 Å². The van der Waals surface area contributed by atoms with Crippen LogP contribution in [0.3, 0.4) is 0 Å². The Morgan fingerprint density at radius 3 is 2.65 bits per heavy atom. The molecule has 0 radical (unpaired) electrons. The molecule has 0 saturated carbocycles. The first-order chi connectivity index (χ1) is 17.7. The number of halogens is 2. The summed E-state index contributed by atoms with van der Waals surface area (Å²) in [5, 5.41) is 11.0. The van der Waals surface area contributed by atoms with Crippen LogP contribution in [0.1, 0.15) is 26.5 Å². The first-order valence-corrected chi connectivity index (χ1v) is 11.0. The fraction of sp³-hybridized carbons (Fsp3) is 0.0385. The number of aromatic amines is 2. The fourth-order valence-electron chi connectivity index (χ4n) is 4.79. The molecule has 0 aliphatic heterocycles. The minimum absolute atomic E-state index is 0.0154. The van der Waals surface area contributed by atoms with Crippen molar-refractivity contribution in [1.29, 1.82) is 0 Å². The number of furan rings is 1. The van der Waals surface area contributed by atoms with Gasteiger partial charge in [-0.25, -0.2) is 13.6 Å². The second-order valence-electron chi connectivity index (χ2n) is 8.52. The number of pyridine rings is 1. The van der Waals surface area contributed by atoms with Gasteiger partial charge in [-0.05, 0) is 42.5 Å². The van der Waals surface area contributed by atoms with Gasteiger partial charge in [-0.3, -0.25) is 9.59 Å². The van der Waals surface area contributed by atoms with E-state index < -0.39 is 29.1 Å². The Bertz CT molecular complexity index is 1980. The van der Waals surface area contributed by atoms with Crippen LogP contribution in [0.15, 0.2) is 64.1 Å². The van der Waals surface area contributed by atoms with Crippen molar-refractivity contribution >= 4 is 44.7 Å². The molecule has 0 aliphatic carbocycles. The van der Waals surface area contributed by atoms with Gasteiger partial charge < -0.3 is 29.8 Å². The van der Waals surface area contributed by atoms with E-state index in [1.54, 1.807) is 0 Å². The Morgan fingerprint density at radius 2 is 1.92 bits per heavy atom. The first kappa shape index (κ1) is 22.3. The van der Waals surface area contributed by atoms with E-state index in [1.165, 1.54) is 53.4 Å². The van der Waals surface area contributed by atoms with Crippen LogP contribution in [0.25, 0.3) is 43.9 Å². The van der Waals surface area contributed by atoms with Gasteiger partial charge in [0.05, 0.1) is 34.7 Å². The lowest BCUT2D eigenvalue weighted by atomic mass is 10.0. The predicted octanol–water partition coefficient (Wildman–Crippen LogP) is 4.35. The molecule has 184 valence electrons. The van der Waals surface area contributed by atoms with E-state index in [0.717, 1.165) is 6.07 Å². The average Bonchev–Trinajstić information content (AvgIpc) is 3.56. The minimum atomic E-state index is -1.41. The van der Waals surface area contributed by atoms with Crippen LogP contribution in [-0.2, 0) is 6.54 Å². The number of nitrogens with one attached hydrogen (secondary N) is 2. The Labute approximate surface area is 204 Å². The molecule has 5 N–H and O–H groups in total. The zero-order valence-electron chi connectivity index (χ0n) is 18.8. The second kappa shape index (κ2) is 7.92. The molecule has 0 saturated heterocycles. The SMILES string of the molecule is NC(=O)c1cc2cc(F)c(Cn3c(C(=O)O)c(-c4ccc[nH]c4=O)c4c5occc5c(F)cc43)cc2[nH]1. The largest absolute Gasteiger partial charge is 0.477 e. The van der Waals surface area contributed by atoms with Gasteiger partial charge >= 0.3 is 5.97 Å². The molecule has 0 aliphatic rings. The molecule has 0 bridgehead atoms. The maximum Gasteiger partial charge on any atom is 0.353 e. The molecular weight excluding hydrogens is 486 g/mol. The van der Waals surface area contributed by atoms with Crippen molar-refractivity contribution in [3.8, 4) is 11.1 Å². The summed E-state index contributed by atoms with van der Waals surface area (Å²) < 4.78 is 37.0. The van der Waals surface area contributed by atoms with E-state index in [2.05, 4.69) is 9.97 Å². The lowest BCUT2D eigenvalue weighted by Gasteiger charge is -2.11. The van der Waals surface area contributed by atoms with Crippen molar-refractivity contribution in [3.05, 3.63) is 93.9 Å². The summed E-state index contributed by atoms with van der Waals surface area (Å²) in [6, 6.07) is 9.52. The standard InChI is InChI=1S/C26H16F2N4O5/c27-15-6-11-7-18(24(29)33)31-17(11)8-12(15)10-32-19-9-16(28)13-3-5-37-23(13)21(19)20(22(32)26(35)36)14-2-1-4-30-25(14)34/h1-9,31H,10H2,(H2,29,33)(H,30,34)(H,35,36). The number of H-pyrrole nitrogens is 2. The van der Waals surface area contributed by atoms with Crippen LogP contribution in [0.4, 0.5) is 8.78 Å². The van der Waals surface area contributed by atoms with Crippen LogP contribution < -0.4 is 11.3 Å². The van der Waals surface area contributed by atoms with Crippen molar-refractivity contribution in [3.63, 3.8) is 0 Å². The van der Waals surface area contributed by atoms with E-state index in [4.69, 9.17) is 10.2 Å². The number of hydrogen-bond acceptors (Lipinski definition) is 4.